The molecule has 0 radical (unpaired) electrons. The Morgan fingerprint density at radius 2 is 2.00 bits per heavy atom. The van der Waals surface area contributed by atoms with E-state index in [-0.39, 0.29) is 18.1 Å². The zero-order chi connectivity index (χ0) is 17.3. The molecule has 1 aliphatic rings. The molecule has 3 rings (SSSR count). The van der Waals surface area contributed by atoms with Crippen LogP contribution in [0, 0.1) is 0 Å². The van der Waals surface area contributed by atoms with Gasteiger partial charge in [-0.15, -0.1) is 0 Å². The largest absolute Gasteiger partial charge is 0.482 e. The number of hydrogen-bond donors (Lipinski definition) is 2. The Morgan fingerprint density at radius 1 is 1.33 bits per heavy atom. The Hall–Kier alpha value is -2.25. The topological polar surface area (TPSA) is 102 Å². The van der Waals surface area contributed by atoms with Gasteiger partial charge in [-0.3, -0.25) is 4.79 Å². The molecule has 1 heterocycles. The lowest BCUT2D eigenvalue weighted by Crippen LogP contribution is -2.43. The van der Waals surface area contributed by atoms with Gasteiger partial charge in [0.15, 0.2) is 17.2 Å². The first-order valence-corrected chi connectivity index (χ1v) is 7.75. The molecule has 24 heavy (non-hydrogen) atoms. The minimum atomic E-state index is -1.18. The number of hydrogen-bond acceptors (Lipinski definition) is 5. The molecule has 0 unspecified atom stereocenters. The number of carboxylic acid groups (broad SMARTS) is 1. The molecule has 0 atom stereocenters. The zero-order valence-corrected chi connectivity index (χ0v) is 13.7. The molecule has 1 aliphatic carbocycles. The van der Waals surface area contributed by atoms with E-state index in [0.717, 1.165) is 0 Å². The van der Waals surface area contributed by atoms with Gasteiger partial charge in [0.2, 0.25) is 0 Å². The molecule has 0 saturated heterocycles. The number of benzene rings is 1. The average molecular weight is 371 g/mol. The van der Waals surface area contributed by atoms with Crippen molar-refractivity contribution in [3.8, 4) is 5.75 Å². The predicted octanol–water partition coefficient (Wildman–Crippen LogP) is 2.91. The summed E-state index contributed by atoms with van der Waals surface area (Å²) >= 11 is 12.0. The van der Waals surface area contributed by atoms with Crippen molar-refractivity contribution in [2.75, 3.05) is 0 Å². The Balaban J connectivity index is 1.63. The van der Waals surface area contributed by atoms with Gasteiger partial charge in [-0.1, -0.05) is 34.4 Å². The van der Waals surface area contributed by atoms with Crippen LogP contribution in [0.15, 0.2) is 28.8 Å². The molecular formula is C15H12Cl2N2O5. The molecule has 0 aliphatic heterocycles. The van der Waals surface area contributed by atoms with E-state index in [0.29, 0.717) is 28.6 Å². The van der Waals surface area contributed by atoms with Crippen LogP contribution in [0.4, 0.5) is 0 Å². The van der Waals surface area contributed by atoms with Gasteiger partial charge in [-0.05, 0) is 25.0 Å². The molecule has 126 valence electrons. The maximum atomic E-state index is 12.0. The van der Waals surface area contributed by atoms with Crippen molar-refractivity contribution < 1.29 is 24.0 Å². The summed E-state index contributed by atoms with van der Waals surface area (Å²) in [6.07, 6.45) is 0.791. The van der Waals surface area contributed by atoms with Crippen LogP contribution in [0.25, 0.3) is 0 Å². The molecule has 1 aromatic heterocycles. The van der Waals surface area contributed by atoms with Gasteiger partial charge >= 0.3 is 5.97 Å². The second-order valence-corrected chi connectivity index (χ2v) is 6.17. The van der Waals surface area contributed by atoms with E-state index < -0.39 is 17.4 Å². The number of amides is 1. The maximum Gasteiger partial charge on any atom is 0.329 e. The molecule has 0 spiro atoms. The van der Waals surface area contributed by atoms with Gasteiger partial charge < -0.3 is 19.7 Å². The molecule has 2 aromatic rings. The van der Waals surface area contributed by atoms with Crippen molar-refractivity contribution in [1.29, 1.82) is 0 Å². The van der Waals surface area contributed by atoms with Crippen LogP contribution in [-0.2, 0) is 11.4 Å². The van der Waals surface area contributed by atoms with E-state index in [4.69, 9.17) is 37.6 Å². The lowest BCUT2D eigenvalue weighted by Gasteiger charge is -2.10. The minimum Gasteiger partial charge on any atom is -0.482 e. The predicted molar refractivity (Wildman–Crippen MR) is 84.4 cm³/mol. The fourth-order valence-electron chi connectivity index (χ4n) is 2.05. The van der Waals surface area contributed by atoms with E-state index >= 15 is 0 Å². The highest BCUT2D eigenvalue weighted by Gasteiger charge is 2.52. The number of nitrogens with zero attached hydrogens (tertiary/aromatic N) is 1. The van der Waals surface area contributed by atoms with E-state index in [2.05, 4.69) is 10.5 Å². The van der Waals surface area contributed by atoms with Gasteiger partial charge in [0, 0.05) is 6.07 Å². The number of carbonyl (C=O) groups excluding carboxylic acids is 1. The van der Waals surface area contributed by atoms with Crippen LogP contribution in [0.5, 0.6) is 5.75 Å². The molecule has 1 amide bonds. The van der Waals surface area contributed by atoms with Gasteiger partial charge in [0.1, 0.15) is 12.1 Å². The van der Waals surface area contributed by atoms with Crippen LogP contribution in [-0.4, -0.2) is 27.7 Å². The number of para-hydroxylation sites is 1. The molecule has 1 fully saturated rings. The highest BCUT2D eigenvalue weighted by molar-refractivity contribution is 6.37. The van der Waals surface area contributed by atoms with E-state index in [1.807, 2.05) is 0 Å². The molecule has 2 N–H and O–H groups in total. The maximum absolute atomic E-state index is 12.0. The third-order valence-electron chi connectivity index (χ3n) is 3.58. The van der Waals surface area contributed by atoms with E-state index in [1.165, 1.54) is 6.07 Å². The molecule has 1 saturated carbocycles. The molecule has 7 nitrogen and oxygen atoms in total. The van der Waals surface area contributed by atoms with Crippen molar-refractivity contribution in [1.82, 2.24) is 10.5 Å². The van der Waals surface area contributed by atoms with Crippen molar-refractivity contribution in [2.24, 2.45) is 0 Å². The van der Waals surface area contributed by atoms with Crippen LogP contribution in [0.2, 0.25) is 10.0 Å². The number of aliphatic carboxylic acids is 1. The summed E-state index contributed by atoms with van der Waals surface area (Å²) in [6, 6.07) is 6.31. The number of carbonyl (C=O) groups is 2. The monoisotopic (exact) mass is 370 g/mol. The first-order valence-electron chi connectivity index (χ1n) is 6.99. The molecule has 1 aromatic carbocycles. The summed E-state index contributed by atoms with van der Waals surface area (Å²) in [5.74, 6) is -1.10. The number of nitrogens with one attached hydrogen (secondary N) is 1. The standard InChI is InChI=1S/C15H12Cl2N2O5/c16-9-2-1-3-10(17)12(9)23-7-8-6-11(19-24-8)13(20)18-15(4-5-15)14(21)22/h1-3,6H,4-5,7H2,(H,18,20)(H,21,22). The minimum absolute atomic E-state index is 0.0219. The summed E-state index contributed by atoms with van der Waals surface area (Å²) in [5, 5.41) is 15.8. The Kier molecular flexibility index (Phi) is 4.38. The third kappa shape index (κ3) is 3.32. The van der Waals surface area contributed by atoms with Crippen molar-refractivity contribution >= 4 is 35.1 Å². The summed E-state index contributed by atoms with van der Waals surface area (Å²) < 4.78 is 10.5. The van der Waals surface area contributed by atoms with Crippen LogP contribution < -0.4 is 10.1 Å². The summed E-state index contributed by atoms with van der Waals surface area (Å²) in [5.41, 5.74) is -1.20. The Labute approximate surface area is 146 Å². The first kappa shape index (κ1) is 16.6. The summed E-state index contributed by atoms with van der Waals surface area (Å²) in [4.78, 5) is 23.1. The van der Waals surface area contributed by atoms with Crippen molar-refractivity contribution in [2.45, 2.75) is 25.0 Å². The Bertz CT molecular complexity index is 781. The quantitative estimate of drug-likeness (QED) is 0.810. The van der Waals surface area contributed by atoms with Crippen LogP contribution in [0.3, 0.4) is 0 Å². The summed E-state index contributed by atoms with van der Waals surface area (Å²) in [6.45, 7) is -0.0339. The van der Waals surface area contributed by atoms with Gasteiger partial charge in [0.25, 0.3) is 5.91 Å². The lowest BCUT2D eigenvalue weighted by molar-refractivity contribution is -0.140. The SMILES string of the molecule is O=C(NC1(C(=O)O)CC1)c1cc(COc2c(Cl)cccc2Cl)on1. The lowest BCUT2D eigenvalue weighted by atomic mass is 10.2. The normalized spacial score (nSPS) is 14.9. The highest BCUT2D eigenvalue weighted by Crippen LogP contribution is 2.36. The average Bonchev–Trinajstić information content (AvgIpc) is 3.16. The van der Waals surface area contributed by atoms with E-state index in [1.54, 1.807) is 18.2 Å². The number of aromatic nitrogens is 1. The van der Waals surface area contributed by atoms with Crippen molar-refractivity contribution in [3.63, 3.8) is 0 Å². The Morgan fingerprint density at radius 3 is 2.58 bits per heavy atom. The summed E-state index contributed by atoms with van der Waals surface area (Å²) in [7, 11) is 0. The third-order valence-corrected chi connectivity index (χ3v) is 4.18. The van der Waals surface area contributed by atoms with E-state index in [9.17, 15) is 9.59 Å². The van der Waals surface area contributed by atoms with Crippen molar-refractivity contribution in [3.05, 3.63) is 45.8 Å². The second-order valence-electron chi connectivity index (χ2n) is 5.36. The first-order chi connectivity index (χ1) is 11.4. The molecule has 9 heteroatoms. The van der Waals surface area contributed by atoms with Gasteiger partial charge in [0.05, 0.1) is 10.0 Å². The fourth-order valence-corrected chi connectivity index (χ4v) is 2.56. The number of halogens is 2. The fraction of sp³-hybridized carbons (Fsp3) is 0.267. The molecule has 0 bridgehead atoms. The zero-order valence-electron chi connectivity index (χ0n) is 12.2. The number of ether oxygens (including phenoxy) is 1. The highest BCUT2D eigenvalue weighted by atomic mass is 35.5. The van der Waals surface area contributed by atoms with Gasteiger partial charge in [-0.25, -0.2) is 4.79 Å². The second kappa shape index (κ2) is 6.33. The van der Waals surface area contributed by atoms with Crippen LogP contribution >= 0.6 is 23.2 Å². The smallest absolute Gasteiger partial charge is 0.329 e. The number of rotatable bonds is 6. The van der Waals surface area contributed by atoms with Gasteiger partial charge in [-0.2, -0.15) is 0 Å². The molecular weight excluding hydrogens is 359 g/mol. The van der Waals surface area contributed by atoms with Crippen LogP contribution in [0.1, 0.15) is 29.1 Å². The number of carboxylic acids is 1.